The Labute approximate surface area is 111 Å². The molecule has 1 aromatic carbocycles. The number of aromatic nitrogens is 3. The average Bonchev–Trinajstić information content (AvgIpc) is 2.93. The minimum absolute atomic E-state index is 0.150. The van der Waals surface area contributed by atoms with Crippen LogP contribution in [0, 0.1) is 0 Å². The molecule has 19 heavy (non-hydrogen) atoms. The Kier molecular flexibility index (Phi) is 4.63. The molecule has 1 heterocycles. The Morgan fingerprint density at radius 3 is 2.84 bits per heavy atom. The van der Waals surface area contributed by atoms with Gasteiger partial charge in [-0.2, -0.15) is 5.10 Å². The molecular weight excluding hydrogens is 242 g/mol. The van der Waals surface area contributed by atoms with Gasteiger partial charge in [-0.3, -0.25) is 9.89 Å². The highest BCUT2D eigenvalue weighted by atomic mass is 16.2. The van der Waals surface area contributed by atoms with Crippen LogP contribution in [0.1, 0.15) is 11.4 Å². The second-order valence-corrected chi connectivity index (χ2v) is 4.27. The summed E-state index contributed by atoms with van der Waals surface area (Å²) in [5.41, 5.74) is 6.92. The number of carbonyl (C=O) groups is 1. The third-order valence-corrected chi connectivity index (χ3v) is 2.76. The Balaban J connectivity index is 1.73. The van der Waals surface area contributed by atoms with E-state index in [1.165, 1.54) is 6.33 Å². The zero-order valence-corrected chi connectivity index (χ0v) is 10.5. The number of hydrogen-bond acceptors (Lipinski definition) is 4. The molecule has 2 rings (SSSR count). The summed E-state index contributed by atoms with van der Waals surface area (Å²) in [5.74, 6) is 0.597. The Morgan fingerprint density at radius 1 is 1.37 bits per heavy atom. The first kappa shape index (κ1) is 13.2. The largest absolute Gasteiger partial charge is 0.354 e. The van der Waals surface area contributed by atoms with Crippen LogP contribution < -0.4 is 11.1 Å². The quantitative estimate of drug-likeness (QED) is 0.682. The predicted molar refractivity (Wildman–Crippen MR) is 71.2 cm³/mol. The number of amides is 1. The number of carbonyl (C=O) groups excluding carboxylic acids is 1. The molecule has 0 radical (unpaired) electrons. The van der Waals surface area contributed by atoms with E-state index in [1.54, 1.807) is 0 Å². The number of nitrogens with two attached hydrogens (primary N) is 1. The zero-order chi connectivity index (χ0) is 13.5. The summed E-state index contributed by atoms with van der Waals surface area (Å²) >= 11 is 0. The molecule has 0 aliphatic carbocycles. The first-order valence-corrected chi connectivity index (χ1v) is 6.17. The fourth-order valence-corrected chi connectivity index (χ4v) is 1.75. The van der Waals surface area contributed by atoms with E-state index >= 15 is 0 Å². The number of aromatic amines is 1. The van der Waals surface area contributed by atoms with E-state index in [0.717, 1.165) is 11.4 Å². The molecule has 1 aromatic heterocycles. The number of nitrogens with zero attached hydrogens (tertiary/aromatic N) is 2. The average molecular weight is 259 g/mol. The van der Waals surface area contributed by atoms with Crippen LogP contribution in [0.4, 0.5) is 0 Å². The lowest BCUT2D eigenvalue weighted by Crippen LogP contribution is -2.42. The number of nitrogens with one attached hydrogen (secondary N) is 2. The number of H-pyrrole nitrogens is 1. The van der Waals surface area contributed by atoms with Crippen molar-refractivity contribution in [3.8, 4) is 0 Å². The van der Waals surface area contributed by atoms with Crippen LogP contribution in [0.15, 0.2) is 36.7 Å². The summed E-state index contributed by atoms with van der Waals surface area (Å²) in [6.45, 7) is 0.497. The molecule has 0 fully saturated rings. The maximum Gasteiger partial charge on any atom is 0.237 e. The number of hydrogen-bond donors (Lipinski definition) is 3. The summed E-state index contributed by atoms with van der Waals surface area (Å²) < 4.78 is 0. The lowest BCUT2D eigenvalue weighted by atomic mass is 10.1. The molecule has 1 atom stereocenters. The molecular formula is C13H17N5O. The maximum atomic E-state index is 11.8. The standard InChI is InChI=1S/C13H17N5O/c14-11(8-10-4-2-1-3-5-10)13(19)15-7-6-12-16-9-17-18-12/h1-5,9,11H,6-8,14H2,(H,15,19)(H,16,17,18)/t11-/m0/s1. The topological polar surface area (TPSA) is 96.7 Å². The minimum atomic E-state index is -0.530. The van der Waals surface area contributed by atoms with E-state index < -0.39 is 6.04 Å². The van der Waals surface area contributed by atoms with Gasteiger partial charge in [0.25, 0.3) is 0 Å². The number of benzene rings is 1. The molecule has 0 saturated heterocycles. The molecule has 100 valence electrons. The zero-order valence-electron chi connectivity index (χ0n) is 10.5. The van der Waals surface area contributed by atoms with E-state index in [9.17, 15) is 4.79 Å². The lowest BCUT2D eigenvalue weighted by Gasteiger charge is -2.11. The highest BCUT2D eigenvalue weighted by Gasteiger charge is 2.13. The van der Waals surface area contributed by atoms with Gasteiger partial charge in [0.05, 0.1) is 6.04 Å². The smallest absolute Gasteiger partial charge is 0.237 e. The molecule has 0 unspecified atom stereocenters. The normalized spacial score (nSPS) is 12.1. The van der Waals surface area contributed by atoms with E-state index in [4.69, 9.17) is 5.73 Å². The summed E-state index contributed by atoms with van der Waals surface area (Å²) in [6, 6.07) is 9.20. The van der Waals surface area contributed by atoms with Crippen molar-refractivity contribution in [3.63, 3.8) is 0 Å². The lowest BCUT2D eigenvalue weighted by molar-refractivity contribution is -0.122. The van der Waals surface area contributed by atoms with Crippen LogP contribution in [0.2, 0.25) is 0 Å². The van der Waals surface area contributed by atoms with Crippen molar-refractivity contribution in [3.05, 3.63) is 48.0 Å². The van der Waals surface area contributed by atoms with Gasteiger partial charge in [0.2, 0.25) is 5.91 Å². The van der Waals surface area contributed by atoms with Crippen LogP contribution in [0.25, 0.3) is 0 Å². The fourth-order valence-electron chi connectivity index (χ4n) is 1.75. The van der Waals surface area contributed by atoms with Gasteiger partial charge < -0.3 is 11.1 Å². The first-order chi connectivity index (χ1) is 9.25. The third-order valence-electron chi connectivity index (χ3n) is 2.76. The maximum absolute atomic E-state index is 11.8. The van der Waals surface area contributed by atoms with Gasteiger partial charge in [0, 0.05) is 13.0 Å². The number of rotatable bonds is 6. The highest BCUT2D eigenvalue weighted by molar-refractivity contribution is 5.81. The molecule has 1 amide bonds. The molecule has 0 bridgehead atoms. The molecule has 0 aliphatic heterocycles. The van der Waals surface area contributed by atoms with Crippen LogP contribution in [-0.4, -0.2) is 33.7 Å². The van der Waals surface area contributed by atoms with Gasteiger partial charge in [-0.15, -0.1) is 0 Å². The third kappa shape index (κ3) is 4.18. The van der Waals surface area contributed by atoms with E-state index in [1.807, 2.05) is 30.3 Å². The van der Waals surface area contributed by atoms with E-state index in [2.05, 4.69) is 20.5 Å². The van der Waals surface area contributed by atoms with Crippen LogP contribution >= 0.6 is 0 Å². The van der Waals surface area contributed by atoms with Crippen molar-refractivity contribution >= 4 is 5.91 Å². The predicted octanol–water partition coefficient (Wildman–Crippen LogP) is 0.0334. The second-order valence-electron chi connectivity index (χ2n) is 4.27. The molecule has 4 N–H and O–H groups in total. The van der Waals surface area contributed by atoms with Crippen molar-refractivity contribution in [2.24, 2.45) is 5.73 Å². The molecule has 0 saturated carbocycles. The van der Waals surface area contributed by atoms with E-state index in [0.29, 0.717) is 19.4 Å². The van der Waals surface area contributed by atoms with Gasteiger partial charge in [0.1, 0.15) is 12.2 Å². The monoisotopic (exact) mass is 259 g/mol. The summed E-state index contributed by atoms with van der Waals surface area (Å²) in [6.07, 6.45) is 2.59. The SMILES string of the molecule is N[C@@H](Cc1ccccc1)C(=O)NCCc1ncn[nH]1. The molecule has 6 nitrogen and oxygen atoms in total. The fraction of sp³-hybridized carbons (Fsp3) is 0.308. The Morgan fingerprint density at radius 2 is 2.16 bits per heavy atom. The Bertz CT molecular complexity index is 497. The highest BCUT2D eigenvalue weighted by Crippen LogP contribution is 2.01. The first-order valence-electron chi connectivity index (χ1n) is 6.17. The van der Waals surface area contributed by atoms with Crippen LogP contribution in [0.5, 0.6) is 0 Å². The van der Waals surface area contributed by atoms with Gasteiger partial charge in [-0.05, 0) is 12.0 Å². The van der Waals surface area contributed by atoms with Gasteiger partial charge in [-0.1, -0.05) is 30.3 Å². The summed E-state index contributed by atoms with van der Waals surface area (Å²) in [4.78, 5) is 15.8. The van der Waals surface area contributed by atoms with Crippen LogP contribution in [-0.2, 0) is 17.6 Å². The van der Waals surface area contributed by atoms with Gasteiger partial charge in [-0.25, -0.2) is 4.98 Å². The summed E-state index contributed by atoms with van der Waals surface area (Å²) in [7, 11) is 0. The Hall–Kier alpha value is -2.21. The van der Waals surface area contributed by atoms with Gasteiger partial charge in [0.15, 0.2) is 0 Å². The van der Waals surface area contributed by atoms with Crippen molar-refractivity contribution in [2.75, 3.05) is 6.54 Å². The molecule has 0 spiro atoms. The molecule has 0 aliphatic rings. The summed E-state index contributed by atoms with van der Waals surface area (Å²) in [5, 5.41) is 9.26. The van der Waals surface area contributed by atoms with Crippen LogP contribution in [0.3, 0.4) is 0 Å². The van der Waals surface area contributed by atoms with Crippen molar-refractivity contribution in [2.45, 2.75) is 18.9 Å². The van der Waals surface area contributed by atoms with E-state index in [-0.39, 0.29) is 5.91 Å². The molecule has 2 aromatic rings. The molecule has 6 heteroatoms. The second kappa shape index (κ2) is 6.65. The van der Waals surface area contributed by atoms with Crippen molar-refractivity contribution in [1.29, 1.82) is 0 Å². The van der Waals surface area contributed by atoms with Gasteiger partial charge >= 0.3 is 0 Å². The minimum Gasteiger partial charge on any atom is -0.354 e. The van der Waals surface area contributed by atoms with Crippen molar-refractivity contribution in [1.82, 2.24) is 20.5 Å². The van der Waals surface area contributed by atoms with Crippen molar-refractivity contribution < 1.29 is 4.79 Å².